The fourth-order valence-corrected chi connectivity index (χ4v) is 3.33. The Balaban J connectivity index is 0.00000243. The summed E-state index contributed by atoms with van der Waals surface area (Å²) in [5.41, 5.74) is 7.55. The highest BCUT2D eigenvalue weighted by Crippen LogP contribution is 2.17. The summed E-state index contributed by atoms with van der Waals surface area (Å²) in [6, 6.07) is 9.27. The first-order chi connectivity index (χ1) is 12.0. The van der Waals surface area contributed by atoms with E-state index >= 15 is 0 Å². The average molecular weight is 379 g/mol. The molecule has 7 heteroatoms. The van der Waals surface area contributed by atoms with Gasteiger partial charge in [0.1, 0.15) is 5.69 Å². The van der Waals surface area contributed by atoms with E-state index < -0.39 is 6.04 Å². The van der Waals surface area contributed by atoms with Crippen LogP contribution in [0.15, 0.2) is 30.3 Å². The van der Waals surface area contributed by atoms with Crippen LogP contribution in [0.1, 0.15) is 30.8 Å². The number of benzene rings is 1. The largest absolute Gasteiger partial charge is 0.351 e. The first-order valence-electron chi connectivity index (χ1n) is 8.87. The molecule has 0 bridgehead atoms. The van der Waals surface area contributed by atoms with Gasteiger partial charge in [0.2, 0.25) is 5.91 Å². The number of para-hydroxylation sites is 1. The molecule has 26 heavy (non-hydrogen) atoms. The predicted molar refractivity (Wildman–Crippen MR) is 105 cm³/mol. The van der Waals surface area contributed by atoms with E-state index in [0.29, 0.717) is 44.2 Å². The predicted octanol–water partition coefficient (Wildman–Crippen LogP) is 2.25. The maximum absolute atomic E-state index is 12.7. The van der Waals surface area contributed by atoms with E-state index in [0.717, 1.165) is 10.9 Å². The van der Waals surface area contributed by atoms with Gasteiger partial charge in [-0.3, -0.25) is 9.59 Å². The quantitative estimate of drug-likeness (QED) is 0.855. The van der Waals surface area contributed by atoms with Crippen molar-refractivity contribution in [3.05, 3.63) is 36.0 Å². The van der Waals surface area contributed by atoms with Crippen molar-refractivity contribution in [1.82, 2.24) is 14.8 Å². The first-order valence-corrected chi connectivity index (χ1v) is 8.87. The first kappa shape index (κ1) is 20.3. The Morgan fingerprint density at radius 3 is 2.35 bits per heavy atom. The summed E-state index contributed by atoms with van der Waals surface area (Å²) < 4.78 is 0. The lowest BCUT2D eigenvalue weighted by molar-refractivity contribution is -0.134. The number of hydrogen-bond acceptors (Lipinski definition) is 3. The van der Waals surface area contributed by atoms with Gasteiger partial charge in [-0.1, -0.05) is 32.0 Å². The fraction of sp³-hybridized carbons (Fsp3) is 0.474. The number of aromatic nitrogens is 1. The standard InChI is InChI=1S/C19H26N4O2.ClH/c1-13(2)11-15(20)18(24)22-7-9-23(10-8-22)19(25)17-12-14-5-3-4-6-16(14)21-17;/h3-6,12-13,15,21H,7-11,20H2,1-2H3;1H/t15-;/m0./s1. The highest BCUT2D eigenvalue weighted by Gasteiger charge is 2.28. The lowest BCUT2D eigenvalue weighted by Gasteiger charge is -2.36. The number of aromatic amines is 1. The summed E-state index contributed by atoms with van der Waals surface area (Å²) in [6.45, 7) is 6.27. The Kier molecular flexibility index (Phi) is 6.67. The average Bonchev–Trinajstić information content (AvgIpc) is 3.04. The minimum absolute atomic E-state index is 0. The van der Waals surface area contributed by atoms with Crippen molar-refractivity contribution in [2.75, 3.05) is 26.2 Å². The number of nitrogens with one attached hydrogen (secondary N) is 1. The van der Waals surface area contributed by atoms with Crippen molar-refractivity contribution >= 4 is 35.1 Å². The monoisotopic (exact) mass is 378 g/mol. The van der Waals surface area contributed by atoms with E-state index in [2.05, 4.69) is 18.8 Å². The van der Waals surface area contributed by atoms with Gasteiger partial charge in [-0.15, -0.1) is 12.4 Å². The third kappa shape index (κ3) is 4.37. The molecule has 1 aromatic heterocycles. The molecule has 0 saturated carbocycles. The third-order valence-electron chi connectivity index (χ3n) is 4.68. The number of fused-ring (bicyclic) bond motifs is 1. The summed E-state index contributed by atoms with van der Waals surface area (Å²) in [5, 5.41) is 1.03. The fourth-order valence-electron chi connectivity index (χ4n) is 3.33. The number of rotatable bonds is 4. The van der Waals surface area contributed by atoms with E-state index in [1.807, 2.05) is 30.3 Å². The molecule has 0 radical (unpaired) electrons. The van der Waals surface area contributed by atoms with Crippen molar-refractivity contribution in [2.45, 2.75) is 26.3 Å². The molecule has 1 aromatic carbocycles. The lowest BCUT2D eigenvalue weighted by atomic mass is 10.0. The molecule has 1 aliphatic rings. The Morgan fingerprint density at radius 1 is 1.12 bits per heavy atom. The number of carbonyl (C=O) groups excluding carboxylic acids is 2. The van der Waals surface area contributed by atoms with Crippen molar-refractivity contribution in [2.24, 2.45) is 11.7 Å². The van der Waals surface area contributed by atoms with Crippen molar-refractivity contribution in [3.63, 3.8) is 0 Å². The molecule has 2 heterocycles. The molecule has 1 saturated heterocycles. The van der Waals surface area contributed by atoms with Crippen LogP contribution in [0.3, 0.4) is 0 Å². The van der Waals surface area contributed by atoms with E-state index in [1.165, 1.54) is 0 Å². The smallest absolute Gasteiger partial charge is 0.270 e. The van der Waals surface area contributed by atoms with Gasteiger partial charge in [0, 0.05) is 37.1 Å². The van der Waals surface area contributed by atoms with Gasteiger partial charge in [-0.2, -0.15) is 0 Å². The van der Waals surface area contributed by atoms with Crippen molar-refractivity contribution in [1.29, 1.82) is 0 Å². The Bertz CT molecular complexity index is 733. The van der Waals surface area contributed by atoms with E-state index in [-0.39, 0.29) is 24.2 Å². The van der Waals surface area contributed by atoms with Gasteiger partial charge in [0.15, 0.2) is 0 Å². The maximum Gasteiger partial charge on any atom is 0.270 e. The molecule has 1 fully saturated rings. The summed E-state index contributed by atoms with van der Waals surface area (Å²) in [6.07, 6.45) is 0.688. The maximum atomic E-state index is 12.7. The zero-order chi connectivity index (χ0) is 18.0. The van der Waals surface area contributed by atoms with Crippen LogP contribution in [0.25, 0.3) is 10.9 Å². The SMILES string of the molecule is CC(C)C[C@H](N)C(=O)N1CCN(C(=O)c2cc3ccccc3[nH]2)CC1.Cl. The summed E-state index contributed by atoms with van der Waals surface area (Å²) in [7, 11) is 0. The number of nitrogens with zero attached hydrogens (tertiary/aromatic N) is 2. The zero-order valence-corrected chi connectivity index (χ0v) is 16.1. The second-order valence-electron chi connectivity index (χ2n) is 7.12. The number of nitrogens with two attached hydrogens (primary N) is 1. The Labute approximate surface area is 160 Å². The van der Waals surface area contributed by atoms with Crippen LogP contribution in [0.2, 0.25) is 0 Å². The zero-order valence-electron chi connectivity index (χ0n) is 15.3. The number of amides is 2. The molecule has 1 atom stereocenters. The van der Waals surface area contributed by atoms with Crippen LogP contribution >= 0.6 is 12.4 Å². The highest BCUT2D eigenvalue weighted by molar-refractivity contribution is 5.98. The molecular formula is C19H27ClN4O2. The van der Waals surface area contributed by atoms with E-state index in [1.54, 1.807) is 9.80 Å². The van der Waals surface area contributed by atoms with Gasteiger partial charge in [-0.25, -0.2) is 0 Å². The van der Waals surface area contributed by atoms with Gasteiger partial charge < -0.3 is 20.5 Å². The molecule has 3 rings (SSSR count). The number of carbonyl (C=O) groups is 2. The van der Waals surface area contributed by atoms with Crippen LogP contribution in [0.4, 0.5) is 0 Å². The molecule has 6 nitrogen and oxygen atoms in total. The molecular weight excluding hydrogens is 352 g/mol. The lowest BCUT2D eigenvalue weighted by Crippen LogP contribution is -2.54. The van der Waals surface area contributed by atoms with Gasteiger partial charge in [-0.05, 0) is 24.5 Å². The van der Waals surface area contributed by atoms with Crippen LogP contribution in [0, 0.1) is 5.92 Å². The Hall–Kier alpha value is -2.05. The van der Waals surface area contributed by atoms with Crippen LogP contribution in [-0.4, -0.2) is 58.8 Å². The molecule has 2 aromatic rings. The van der Waals surface area contributed by atoms with E-state index in [4.69, 9.17) is 5.73 Å². The van der Waals surface area contributed by atoms with Crippen LogP contribution in [0.5, 0.6) is 0 Å². The molecule has 1 aliphatic heterocycles. The van der Waals surface area contributed by atoms with Gasteiger partial charge >= 0.3 is 0 Å². The summed E-state index contributed by atoms with van der Waals surface area (Å²) in [4.78, 5) is 31.8. The molecule has 3 N–H and O–H groups in total. The minimum Gasteiger partial charge on any atom is -0.351 e. The van der Waals surface area contributed by atoms with Crippen molar-refractivity contribution < 1.29 is 9.59 Å². The number of hydrogen-bond donors (Lipinski definition) is 2. The molecule has 2 amide bonds. The highest BCUT2D eigenvalue weighted by atomic mass is 35.5. The minimum atomic E-state index is -0.448. The molecule has 0 spiro atoms. The number of H-pyrrole nitrogens is 1. The van der Waals surface area contributed by atoms with Crippen LogP contribution < -0.4 is 5.73 Å². The molecule has 0 aliphatic carbocycles. The van der Waals surface area contributed by atoms with Gasteiger partial charge in [0.25, 0.3) is 5.91 Å². The normalized spacial score (nSPS) is 15.8. The van der Waals surface area contributed by atoms with Gasteiger partial charge in [0.05, 0.1) is 6.04 Å². The molecule has 142 valence electrons. The molecule has 0 unspecified atom stereocenters. The van der Waals surface area contributed by atoms with E-state index in [9.17, 15) is 9.59 Å². The van der Waals surface area contributed by atoms with Crippen molar-refractivity contribution in [3.8, 4) is 0 Å². The van der Waals surface area contributed by atoms with Crippen LogP contribution in [-0.2, 0) is 4.79 Å². The third-order valence-corrected chi connectivity index (χ3v) is 4.68. The summed E-state index contributed by atoms with van der Waals surface area (Å²) >= 11 is 0. The second kappa shape index (κ2) is 8.56. The summed E-state index contributed by atoms with van der Waals surface area (Å²) in [5.74, 6) is 0.366. The second-order valence-corrected chi connectivity index (χ2v) is 7.12. The number of piperazine rings is 1. The number of halogens is 1. The Morgan fingerprint density at radius 2 is 1.73 bits per heavy atom. The topological polar surface area (TPSA) is 82.4 Å².